The smallest absolute Gasteiger partial charge is 0.139 e. The van der Waals surface area contributed by atoms with Gasteiger partial charge in [-0.3, -0.25) is 4.79 Å². The standard InChI is InChI=1S/C10H14O2/c11-8-6-10(12)4-2-1-3-9(10)5-7(8)9/h7,12H,1-6H2. The molecule has 3 aliphatic rings. The van der Waals surface area contributed by atoms with E-state index in [1.807, 2.05) is 0 Å². The quantitative estimate of drug-likeness (QED) is 0.588. The number of hydrogen-bond acceptors (Lipinski definition) is 2. The van der Waals surface area contributed by atoms with Gasteiger partial charge in [-0.25, -0.2) is 0 Å². The van der Waals surface area contributed by atoms with Gasteiger partial charge in [0.15, 0.2) is 0 Å². The van der Waals surface area contributed by atoms with Crippen LogP contribution < -0.4 is 0 Å². The Morgan fingerprint density at radius 2 is 2.08 bits per heavy atom. The molecule has 1 spiro atoms. The molecule has 0 aliphatic heterocycles. The van der Waals surface area contributed by atoms with Gasteiger partial charge in [0.2, 0.25) is 0 Å². The van der Waals surface area contributed by atoms with Crippen LogP contribution in [0.5, 0.6) is 0 Å². The highest BCUT2D eigenvalue weighted by Gasteiger charge is 2.73. The first-order valence-electron chi connectivity index (χ1n) is 4.93. The van der Waals surface area contributed by atoms with Gasteiger partial charge in [0.25, 0.3) is 0 Å². The summed E-state index contributed by atoms with van der Waals surface area (Å²) in [5, 5.41) is 10.3. The van der Waals surface area contributed by atoms with Crippen molar-refractivity contribution >= 4 is 5.78 Å². The molecular formula is C10H14O2. The van der Waals surface area contributed by atoms with Gasteiger partial charge >= 0.3 is 0 Å². The second kappa shape index (κ2) is 1.77. The second-order valence-corrected chi connectivity index (χ2v) is 4.79. The summed E-state index contributed by atoms with van der Waals surface area (Å²) in [6.07, 6.45) is 5.74. The van der Waals surface area contributed by atoms with E-state index in [0.717, 1.165) is 25.7 Å². The average molecular weight is 166 g/mol. The van der Waals surface area contributed by atoms with E-state index in [2.05, 4.69) is 0 Å². The van der Waals surface area contributed by atoms with Gasteiger partial charge in [0.05, 0.1) is 5.60 Å². The molecule has 3 rings (SSSR count). The highest BCUT2D eigenvalue weighted by Crippen LogP contribution is 2.71. The second-order valence-electron chi connectivity index (χ2n) is 4.79. The Labute approximate surface area is 72.0 Å². The summed E-state index contributed by atoms with van der Waals surface area (Å²) in [6.45, 7) is 0. The zero-order valence-electron chi connectivity index (χ0n) is 7.18. The van der Waals surface area contributed by atoms with Gasteiger partial charge < -0.3 is 5.11 Å². The van der Waals surface area contributed by atoms with Crippen molar-refractivity contribution in [3.8, 4) is 0 Å². The van der Waals surface area contributed by atoms with Gasteiger partial charge in [0.1, 0.15) is 5.78 Å². The molecule has 2 heteroatoms. The van der Waals surface area contributed by atoms with Crippen LogP contribution in [0.25, 0.3) is 0 Å². The van der Waals surface area contributed by atoms with Gasteiger partial charge in [0, 0.05) is 17.8 Å². The van der Waals surface area contributed by atoms with Gasteiger partial charge in [-0.2, -0.15) is 0 Å². The summed E-state index contributed by atoms with van der Waals surface area (Å²) in [7, 11) is 0. The number of carbonyl (C=O) groups excluding carboxylic acids is 1. The molecule has 0 saturated heterocycles. The molecule has 0 radical (unpaired) electrons. The van der Waals surface area contributed by atoms with Crippen LogP contribution in [0, 0.1) is 11.3 Å². The van der Waals surface area contributed by atoms with Crippen LogP contribution >= 0.6 is 0 Å². The molecule has 3 atom stereocenters. The lowest BCUT2D eigenvalue weighted by Crippen LogP contribution is -2.40. The Bertz CT molecular complexity index is 255. The molecular weight excluding hydrogens is 152 g/mol. The Kier molecular flexibility index (Phi) is 1.04. The molecule has 3 aliphatic carbocycles. The molecule has 0 amide bonds. The minimum atomic E-state index is -0.576. The summed E-state index contributed by atoms with van der Waals surface area (Å²) in [5.41, 5.74) is -0.505. The van der Waals surface area contributed by atoms with Crippen molar-refractivity contribution in [1.82, 2.24) is 0 Å². The molecule has 3 unspecified atom stereocenters. The van der Waals surface area contributed by atoms with Crippen molar-refractivity contribution < 1.29 is 9.90 Å². The first kappa shape index (κ1) is 7.07. The molecule has 0 heterocycles. The normalized spacial score (nSPS) is 56.4. The fourth-order valence-corrected chi connectivity index (χ4v) is 3.53. The lowest BCUT2D eigenvalue weighted by atomic mass is 9.73. The number of rotatable bonds is 0. The zero-order valence-corrected chi connectivity index (χ0v) is 7.18. The maximum Gasteiger partial charge on any atom is 0.139 e. The highest BCUT2D eigenvalue weighted by molar-refractivity contribution is 5.90. The molecule has 0 aromatic rings. The van der Waals surface area contributed by atoms with Gasteiger partial charge in [-0.05, 0) is 19.3 Å². The minimum absolute atomic E-state index is 0.0718. The van der Waals surface area contributed by atoms with Crippen LogP contribution in [-0.2, 0) is 4.79 Å². The van der Waals surface area contributed by atoms with Crippen LogP contribution in [0.2, 0.25) is 0 Å². The number of Topliss-reactive ketones (excluding diaryl/α,β-unsaturated/α-hetero) is 1. The molecule has 3 fully saturated rings. The predicted octanol–water partition coefficient (Wildman–Crippen LogP) is 1.27. The van der Waals surface area contributed by atoms with Crippen molar-refractivity contribution in [2.24, 2.45) is 11.3 Å². The SMILES string of the molecule is O=C1CC2(O)CCCCC23CC13. The maximum absolute atomic E-state index is 11.4. The van der Waals surface area contributed by atoms with Gasteiger partial charge in [-0.15, -0.1) is 0 Å². The molecule has 3 saturated carbocycles. The van der Waals surface area contributed by atoms with Crippen molar-refractivity contribution in [1.29, 1.82) is 0 Å². The summed E-state index contributed by atoms with van der Waals surface area (Å²) in [5.74, 6) is 0.585. The van der Waals surface area contributed by atoms with Crippen molar-refractivity contribution in [2.75, 3.05) is 0 Å². The zero-order chi connectivity index (χ0) is 8.40. The predicted molar refractivity (Wildman–Crippen MR) is 43.6 cm³/mol. The third kappa shape index (κ3) is 0.565. The van der Waals surface area contributed by atoms with E-state index in [1.54, 1.807) is 0 Å². The summed E-state index contributed by atoms with van der Waals surface area (Å²) in [4.78, 5) is 11.4. The largest absolute Gasteiger partial charge is 0.389 e. The monoisotopic (exact) mass is 166 g/mol. The fourth-order valence-electron chi connectivity index (χ4n) is 3.53. The van der Waals surface area contributed by atoms with E-state index in [0.29, 0.717) is 12.2 Å². The van der Waals surface area contributed by atoms with E-state index in [4.69, 9.17) is 0 Å². The van der Waals surface area contributed by atoms with E-state index < -0.39 is 5.60 Å². The average Bonchev–Trinajstić information content (AvgIpc) is 2.68. The van der Waals surface area contributed by atoms with Crippen LogP contribution in [-0.4, -0.2) is 16.5 Å². The Morgan fingerprint density at radius 1 is 1.33 bits per heavy atom. The van der Waals surface area contributed by atoms with E-state index in [-0.39, 0.29) is 11.3 Å². The first-order valence-corrected chi connectivity index (χ1v) is 4.93. The molecule has 2 nitrogen and oxygen atoms in total. The molecule has 0 aromatic carbocycles. The Balaban J connectivity index is 2.02. The van der Waals surface area contributed by atoms with Crippen molar-refractivity contribution in [2.45, 2.75) is 44.1 Å². The summed E-state index contributed by atoms with van der Waals surface area (Å²) in [6, 6.07) is 0. The molecule has 66 valence electrons. The summed E-state index contributed by atoms with van der Waals surface area (Å²) >= 11 is 0. The van der Waals surface area contributed by atoms with Crippen LogP contribution in [0.15, 0.2) is 0 Å². The fraction of sp³-hybridized carbons (Fsp3) is 0.900. The number of hydrogen-bond donors (Lipinski definition) is 1. The third-order valence-corrected chi connectivity index (χ3v) is 4.32. The van der Waals surface area contributed by atoms with E-state index >= 15 is 0 Å². The van der Waals surface area contributed by atoms with Crippen LogP contribution in [0.4, 0.5) is 0 Å². The van der Waals surface area contributed by atoms with Crippen molar-refractivity contribution in [3.05, 3.63) is 0 Å². The Morgan fingerprint density at radius 3 is 2.75 bits per heavy atom. The molecule has 0 aromatic heterocycles. The molecule has 12 heavy (non-hydrogen) atoms. The van der Waals surface area contributed by atoms with Gasteiger partial charge in [-0.1, -0.05) is 12.8 Å². The topological polar surface area (TPSA) is 37.3 Å². The maximum atomic E-state index is 11.4. The minimum Gasteiger partial charge on any atom is -0.389 e. The molecule has 0 bridgehead atoms. The lowest BCUT2D eigenvalue weighted by Gasteiger charge is -2.37. The van der Waals surface area contributed by atoms with E-state index in [9.17, 15) is 9.90 Å². The van der Waals surface area contributed by atoms with Crippen molar-refractivity contribution in [3.63, 3.8) is 0 Å². The number of ketones is 1. The Hall–Kier alpha value is -0.370. The first-order chi connectivity index (χ1) is 5.68. The highest BCUT2D eigenvalue weighted by atomic mass is 16.3. The molecule has 1 N–H and O–H groups in total. The third-order valence-electron chi connectivity index (χ3n) is 4.32. The van der Waals surface area contributed by atoms with E-state index in [1.165, 1.54) is 6.42 Å². The number of aliphatic hydroxyl groups is 1. The van der Waals surface area contributed by atoms with Crippen LogP contribution in [0.1, 0.15) is 38.5 Å². The summed E-state index contributed by atoms with van der Waals surface area (Å²) < 4.78 is 0. The number of carbonyl (C=O) groups is 1. The van der Waals surface area contributed by atoms with Crippen LogP contribution in [0.3, 0.4) is 0 Å². The lowest BCUT2D eigenvalue weighted by molar-refractivity contribution is -0.122.